The van der Waals surface area contributed by atoms with Crippen LogP contribution in [-0.4, -0.2) is 41.8 Å². The molecular formula is C13H28N2O. The van der Waals surface area contributed by atoms with Crippen molar-refractivity contribution in [2.45, 2.75) is 52.0 Å². The van der Waals surface area contributed by atoms with Crippen LogP contribution >= 0.6 is 0 Å². The molecule has 1 unspecified atom stereocenters. The SMILES string of the molecule is CC1(C)CCN(CCCCC(C)(N)CO)C1. The minimum Gasteiger partial charge on any atom is -0.394 e. The van der Waals surface area contributed by atoms with Gasteiger partial charge in [-0.05, 0) is 44.7 Å². The molecule has 3 heteroatoms. The van der Waals surface area contributed by atoms with Gasteiger partial charge in [0, 0.05) is 12.1 Å². The summed E-state index contributed by atoms with van der Waals surface area (Å²) in [5.74, 6) is 0. The van der Waals surface area contributed by atoms with E-state index in [1.54, 1.807) is 0 Å². The number of aliphatic hydroxyl groups excluding tert-OH is 1. The predicted molar refractivity (Wildman–Crippen MR) is 68.4 cm³/mol. The Balaban J connectivity index is 2.09. The van der Waals surface area contributed by atoms with Crippen molar-refractivity contribution in [2.24, 2.45) is 11.1 Å². The molecule has 0 radical (unpaired) electrons. The van der Waals surface area contributed by atoms with Crippen LogP contribution in [0.4, 0.5) is 0 Å². The molecule has 0 amide bonds. The number of nitrogens with zero attached hydrogens (tertiary/aromatic N) is 1. The van der Waals surface area contributed by atoms with Crippen LogP contribution in [0.1, 0.15) is 46.5 Å². The van der Waals surface area contributed by atoms with Crippen LogP contribution in [0.2, 0.25) is 0 Å². The van der Waals surface area contributed by atoms with E-state index in [-0.39, 0.29) is 12.1 Å². The number of rotatable bonds is 6. The smallest absolute Gasteiger partial charge is 0.0608 e. The van der Waals surface area contributed by atoms with Crippen molar-refractivity contribution >= 4 is 0 Å². The van der Waals surface area contributed by atoms with Crippen molar-refractivity contribution in [1.29, 1.82) is 0 Å². The Morgan fingerprint density at radius 3 is 2.56 bits per heavy atom. The third-order valence-corrected chi connectivity index (χ3v) is 3.59. The number of unbranched alkanes of at least 4 members (excludes halogenated alkanes) is 1. The standard InChI is InChI=1S/C13H28N2O/c1-12(2)7-9-15(10-12)8-5-4-6-13(3,14)11-16/h16H,4-11,14H2,1-3H3. The molecule has 0 aromatic carbocycles. The molecule has 0 bridgehead atoms. The first-order valence-corrected chi connectivity index (χ1v) is 6.47. The first-order valence-electron chi connectivity index (χ1n) is 6.47. The second kappa shape index (κ2) is 5.48. The number of aliphatic hydroxyl groups is 1. The Bertz CT molecular complexity index is 214. The maximum absolute atomic E-state index is 9.04. The molecule has 0 aromatic heterocycles. The summed E-state index contributed by atoms with van der Waals surface area (Å²) in [6, 6.07) is 0. The van der Waals surface area contributed by atoms with E-state index in [9.17, 15) is 0 Å². The van der Waals surface area contributed by atoms with Crippen LogP contribution in [0.25, 0.3) is 0 Å². The van der Waals surface area contributed by atoms with Gasteiger partial charge in [-0.25, -0.2) is 0 Å². The lowest BCUT2D eigenvalue weighted by Gasteiger charge is -2.23. The minimum atomic E-state index is -0.385. The topological polar surface area (TPSA) is 49.5 Å². The van der Waals surface area contributed by atoms with Crippen LogP contribution in [-0.2, 0) is 0 Å². The van der Waals surface area contributed by atoms with Gasteiger partial charge in [-0.2, -0.15) is 0 Å². The van der Waals surface area contributed by atoms with Gasteiger partial charge in [-0.15, -0.1) is 0 Å². The van der Waals surface area contributed by atoms with E-state index in [4.69, 9.17) is 10.8 Å². The van der Waals surface area contributed by atoms with Gasteiger partial charge in [0.25, 0.3) is 0 Å². The van der Waals surface area contributed by atoms with E-state index >= 15 is 0 Å². The largest absolute Gasteiger partial charge is 0.394 e. The number of hydrogen-bond donors (Lipinski definition) is 2. The Hall–Kier alpha value is -0.120. The molecule has 1 aliphatic heterocycles. The lowest BCUT2D eigenvalue weighted by atomic mass is 9.93. The highest BCUT2D eigenvalue weighted by molar-refractivity contribution is 4.82. The predicted octanol–water partition coefficient (Wildman–Crippen LogP) is 1.60. The highest BCUT2D eigenvalue weighted by Crippen LogP contribution is 2.28. The molecular weight excluding hydrogens is 200 g/mol. The molecule has 1 rings (SSSR count). The van der Waals surface area contributed by atoms with E-state index < -0.39 is 0 Å². The van der Waals surface area contributed by atoms with Gasteiger partial charge >= 0.3 is 0 Å². The molecule has 1 fully saturated rings. The van der Waals surface area contributed by atoms with E-state index in [0.29, 0.717) is 5.41 Å². The van der Waals surface area contributed by atoms with E-state index in [0.717, 1.165) is 12.8 Å². The Morgan fingerprint density at radius 1 is 1.38 bits per heavy atom. The van der Waals surface area contributed by atoms with Gasteiger partial charge in [0.15, 0.2) is 0 Å². The minimum absolute atomic E-state index is 0.0870. The maximum Gasteiger partial charge on any atom is 0.0608 e. The Labute approximate surface area is 100 Å². The second-order valence-electron chi connectivity index (χ2n) is 6.46. The molecule has 1 saturated heterocycles. The summed E-state index contributed by atoms with van der Waals surface area (Å²) in [7, 11) is 0. The summed E-state index contributed by atoms with van der Waals surface area (Å²) in [6.45, 7) is 10.4. The van der Waals surface area contributed by atoms with Crippen molar-refractivity contribution in [3.63, 3.8) is 0 Å². The summed E-state index contributed by atoms with van der Waals surface area (Å²) >= 11 is 0. The van der Waals surface area contributed by atoms with Gasteiger partial charge in [-0.1, -0.05) is 20.3 Å². The molecule has 0 aromatic rings. The highest BCUT2D eigenvalue weighted by Gasteiger charge is 2.28. The van der Waals surface area contributed by atoms with Crippen molar-refractivity contribution in [2.75, 3.05) is 26.2 Å². The molecule has 3 nitrogen and oxygen atoms in total. The first kappa shape index (κ1) is 13.9. The zero-order valence-electron chi connectivity index (χ0n) is 11.1. The Kier molecular flexibility index (Phi) is 4.77. The lowest BCUT2D eigenvalue weighted by molar-refractivity contribution is 0.194. The first-order chi connectivity index (χ1) is 7.35. The van der Waals surface area contributed by atoms with Gasteiger partial charge in [0.1, 0.15) is 0 Å². The van der Waals surface area contributed by atoms with Gasteiger partial charge in [0.2, 0.25) is 0 Å². The summed E-state index contributed by atoms with van der Waals surface area (Å²) in [4.78, 5) is 2.55. The monoisotopic (exact) mass is 228 g/mol. The third-order valence-electron chi connectivity index (χ3n) is 3.59. The fourth-order valence-corrected chi connectivity index (χ4v) is 2.36. The van der Waals surface area contributed by atoms with Gasteiger partial charge < -0.3 is 15.7 Å². The van der Waals surface area contributed by atoms with Crippen molar-refractivity contribution in [3.05, 3.63) is 0 Å². The fourth-order valence-electron chi connectivity index (χ4n) is 2.36. The molecule has 0 aliphatic carbocycles. The zero-order valence-corrected chi connectivity index (χ0v) is 11.1. The normalized spacial score (nSPS) is 24.6. The van der Waals surface area contributed by atoms with E-state index in [1.807, 2.05) is 6.92 Å². The van der Waals surface area contributed by atoms with Crippen molar-refractivity contribution in [3.8, 4) is 0 Å². The second-order valence-corrected chi connectivity index (χ2v) is 6.46. The lowest BCUT2D eigenvalue weighted by Crippen LogP contribution is -2.40. The number of hydrogen-bond acceptors (Lipinski definition) is 3. The quantitative estimate of drug-likeness (QED) is 0.679. The molecule has 0 saturated carbocycles. The molecule has 16 heavy (non-hydrogen) atoms. The summed E-state index contributed by atoms with van der Waals surface area (Å²) in [6.07, 6.45) is 4.55. The average molecular weight is 228 g/mol. The van der Waals surface area contributed by atoms with E-state index in [1.165, 1.54) is 32.5 Å². The van der Waals surface area contributed by atoms with Crippen LogP contribution in [0.5, 0.6) is 0 Å². The molecule has 96 valence electrons. The zero-order chi connectivity index (χ0) is 12.2. The van der Waals surface area contributed by atoms with Crippen LogP contribution in [0.3, 0.4) is 0 Å². The average Bonchev–Trinajstić information content (AvgIpc) is 2.53. The van der Waals surface area contributed by atoms with Crippen LogP contribution < -0.4 is 5.73 Å². The van der Waals surface area contributed by atoms with Crippen LogP contribution in [0, 0.1) is 5.41 Å². The fraction of sp³-hybridized carbons (Fsp3) is 1.00. The third kappa shape index (κ3) is 4.81. The maximum atomic E-state index is 9.04. The summed E-state index contributed by atoms with van der Waals surface area (Å²) < 4.78 is 0. The van der Waals surface area contributed by atoms with Crippen molar-refractivity contribution in [1.82, 2.24) is 4.90 Å². The molecule has 0 spiro atoms. The molecule has 1 atom stereocenters. The highest BCUT2D eigenvalue weighted by atomic mass is 16.3. The van der Waals surface area contributed by atoms with Gasteiger partial charge in [-0.3, -0.25) is 0 Å². The Morgan fingerprint density at radius 2 is 2.06 bits per heavy atom. The number of nitrogens with two attached hydrogens (primary N) is 1. The van der Waals surface area contributed by atoms with Crippen molar-refractivity contribution < 1.29 is 5.11 Å². The molecule has 3 N–H and O–H groups in total. The molecule has 1 heterocycles. The van der Waals surface area contributed by atoms with E-state index in [2.05, 4.69) is 18.7 Å². The molecule has 1 aliphatic rings. The summed E-state index contributed by atoms with van der Waals surface area (Å²) in [5.41, 5.74) is 6.01. The number of likely N-dealkylation sites (tertiary alicyclic amines) is 1. The van der Waals surface area contributed by atoms with Gasteiger partial charge in [0.05, 0.1) is 6.61 Å². The van der Waals surface area contributed by atoms with Crippen LogP contribution in [0.15, 0.2) is 0 Å². The summed E-state index contributed by atoms with van der Waals surface area (Å²) in [5, 5.41) is 9.04.